The Labute approximate surface area is 115 Å². The van der Waals surface area contributed by atoms with Crippen molar-refractivity contribution in [2.24, 2.45) is 0 Å². The third-order valence-electron chi connectivity index (χ3n) is 2.93. The fourth-order valence-corrected chi connectivity index (χ4v) is 2.00. The maximum absolute atomic E-state index is 13.5. The van der Waals surface area contributed by atoms with Gasteiger partial charge in [0.15, 0.2) is 11.5 Å². The lowest BCUT2D eigenvalue weighted by atomic mass is 10.1. The average Bonchev–Trinajstić information content (AvgIpc) is 2.49. The lowest BCUT2D eigenvalue weighted by Crippen LogP contribution is -2.20. The van der Waals surface area contributed by atoms with Crippen LogP contribution in [0.3, 0.4) is 0 Å². The molecule has 5 heteroatoms. The van der Waals surface area contributed by atoms with E-state index in [0.29, 0.717) is 30.3 Å². The van der Waals surface area contributed by atoms with E-state index in [9.17, 15) is 9.18 Å². The van der Waals surface area contributed by atoms with Gasteiger partial charge in [0.25, 0.3) is 5.91 Å². The highest BCUT2D eigenvalue weighted by molar-refractivity contribution is 6.06. The van der Waals surface area contributed by atoms with Crippen molar-refractivity contribution in [3.05, 3.63) is 53.8 Å². The maximum Gasteiger partial charge on any atom is 0.259 e. The summed E-state index contributed by atoms with van der Waals surface area (Å²) < 4.78 is 24.4. The van der Waals surface area contributed by atoms with Crippen molar-refractivity contribution < 1.29 is 18.7 Å². The van der Waals surface area contributed by atoms with Crippen LogP contribution in [0.4, 0.5) is 10.1 Å². The molecule has 3 rings (SSSR count). The second-order valence-electron chi connectivity index (χ2n) is 4.26. The average molecular weight is 273 g/mol. The molecule has 1 amide bonds. The van der Waals surface area contributed by atoms with Gasteiger partial charge in [-0.3, -0.25) is 4.79 Å². The van der Waals surface area contributed by atoms with E-state index in [4.69, 9.17) is 9.47 Å². The number of benzene rings is 2. The Hall–Kier alpha value is -2.56. The zero-order chi connectivity index (χ0) is 13.9. The summed E-state index contributed by atoms with van der Waals surface area (Å²) in [5.41, 5.74) is 0.456. The van der Waals surface area contributed by atoms with Gasteiger partial charge in [-0.15, -0.1) is 0 Å². The van der Waals surface area contributed by atoms with Crippen LogP contribution in [-0.2, 0) is 0 Å². The number of anilines is 1. The summed E-state index contributed by atoms with van der Waals surface area (Å²) in [7, 11) is 0. The Bertz CT molecular complexity index is 657. The van der Waals surface area contributed by atoms with Gasteiger partial charge in [-0.05, 0) is 24.3 Å². The molecule has 0 saturated heterocycles. The highest BCUT2D eigenvalue weighted by atomic mass is 19.1. The molecule has 2 aromatic carbocycles. The first kappa shape index (κ1) is 12.5. The Morgan fingerprint density at radius 2 is 1.85 bits per heavy atom. The van der Waals surface area contributed by atoms with E-state index in [2.05, 4.69) is 5.32 Å². The van der Waals surface area contributed by atoms with Gasteiger partial charge in [0.1, 0.15) is 19.0 Å². The Kier molecular flexibility index (Phi) is 3.25. The van der Waals surface area contributed by atoms with Gasteiger partial charge in [-0.2, -0.15) is 0 Å². The Balaban J connectivity index is 1.90. The second-order valence-corrected chi connectivity index (χ2v) is 4.26. The highest BCUT2D eigenvalue weighted by Gasteiger charge is 2.20. The topological polar surface area (TPSA) is 47.6 Å². The number of amides is 1. The largest absolute Gasteiger partial charge is 0.486 e. The summed E-state index contributed by atoms with van der Waals surface area (Å²) in [6.07, 6.45) is 0. The molecular formula is C15H12FNO3. The number of nitrogens with one attached hydrogen (secondary N) is 1. The lowest BCUT2D eigenvalue weighted by molar-refractivity contribution is 0.101. The first-order valence-corrected chi connectivity index (χ1v) is 6.20. The van der Waals surface area contributed by atoms with Crippen LogP contribution in [0.15, 0.2) is 42.5 Å². The molecule has 1 aliphatic heterocycles. The molecule has 102 valence electrons. The highest BCUT2D eigenvalue weighted by Crippen LogP contribution is 2.34. The molecule has 0 bridgehead atoms. The molecule has 20 heavy (non-hydrogen) atoms. The quantitative estimate of drug-likeness (QED) is 0.915. The van der Waals surface area contributed by atoms with Crippen molar-refractivity contribution in [3.63, 3.8) is 0 Å². The van der Waals surface area contributed by atoms with Crippen molar-refractivity contribution in [1.29, 1.82) is 0 Å². The van der Waals surface area contributed by atoms with E-state index in [-0.39, 0.29) is 5.69 Å². The normalized spacial score (nSPS) is 12.8. The Morgan fingerprint density at radius 1 is 1.05 bits per heavy atom. The van der Waals surface area contributed by atoms with Crippen molar-refractivity contribution in [3.8, 4) is 11.5 Å². The number of para-hydroxylation sites is 2. The third kappa shape index (κ3) is 2.30. The van der Waals surface area contributed by atoms with Gasteiger partial charge in [-0.1, -0.05) is 18.2 Å². The first-order chi connectivity index (χ1) is 9.75. The number of fused-ring (bicyclic) bond motifs is 1. The molecule has 0 saturated carbocycles. The van der Waals surface area contributed by atoms with Crippen LogP contribution in [-0.4, -0.2) is 19.1 Å². The molecule has 0 unspecified atom stereocenters. The van der Waals surface area contributed by atoms with E-state index in [1.54, 1.807) is 30.3 Å². The summed E-state index contributed by atoms with van der Waals surface area (Å²) in [6, 6.07) is 11.0. The molecule has 1 heterocycles. The van der Waals surface area contributed by atoms with Crippen molar-refractivity contribution in [1.82, 2.24) is 0 Å². The first-order valence-electron chi connectivity index (χ1n) is 6.20. The van der Waals surface area contributed by atoms with Crippen LogP contribution in [0.25, 0.3) is 0 Å². The van der Waals surface area contributed by atoms with Crippen LogP contribution < -0.4 is 14.8 Å². The molecule has 0 fully saturated rings. The number of hydrogen-bond donors (Lipinski definition) is 1. The summed E-state index contributed by atoms with van der Waals surface area (Å²) in [5, 5.41) is 2.53. The van der Waals surface area contributed by atoms with Crippen molar-refractivity contribution in [2.75, 3.05) is 18.5 Å². The molecule has 1 aliphatic rings. The van der Waals surface area contributed by atoms with Gasteiger partial charge in [-0.25, -0.2) is 4.39 Å². The van der Waals surface area contributed by atoms with Gasteiger partial charge in [0.05, 0.1) is 11.3 Å². The van der Waals surface area contributed by atoms with Gasteiger partial charge in [0, 0.05) is 0 Å². The third-order valence-corrected chi connectivity index (χ3v) is 2.93. The molecule has 2 aromatic rings. The van der Waals surface area contributed by atoms with E-state index in [1.165, 1.54) is 12.1 Å². The molecule has 0 atom stereocenters. The molecule has 4 nitrogen and oxygen atoms in total. The van der Waals surface area contributed by atoms with Gasteiger partial charge < -0.3 is 14.8 Å². The lowest BCUT2D eigenvalue weighted by Gasteiger charge is -2.20. The predicted octanol–water partition coefficient (Wildman–Crippen LogP) is 2.85. The monoisotopic (exact) mass is 273 g/mol. The zero-order valence-corrected chi connectivity index (χ0v) is 10.6. The summed E-state index contributed by atoms with van der Waals surface area (Å²) in [5.74, 6) is 0.00490. The van der Waals surface area contributed by atoms with Gasteiger partial charge in [0.2, 0.25) is 0 Å². The number of carbonyl (C=O) groups excluding carboxylic acids is 1. The second kappa shape index (κ2) is 5.21. The van der Waals surface area contributed by atoms with Crippen LogP contribution in [0.5, 0.6) is 11.5 Å². The minimum Gasteiger partial charge on any atom is -0.486 e. The summed E-state index contributed by atoms with van der Waals surface area (Å²) in [6.45, 7) is 0.836. The van der Waals surface area contributed by atoms with E-state index in [1.807, 2.05) is 0 Å². The van der Waals surface area contributed by atoms with Crippen molar-refractivity contribution in [2.45, 2.75) is 0 Å². The summed E-state index contributed by atoms with van der Waals surface area (Å²) >= 11 is 0. The molecule has 0 spiro atoms. The maximum atomic E-state index is 13.5. The van der Waals surface area contributed by atoms with Crippen LogP contribution in [0.1, 0.15) is 10.4 Å². The SMILES string of the molecule is O=C(Nc1ccccc1F)c1cccc2c1OCCO2. The molecular weight excluding hydrogens is 261 g/mol. The van der Waals surface area contributed by atoms with E-state index in [0.717, 1.165) is 0 Å². The number of ether oxygens (including phenoxy) is 2. The van der Waals surface area contributed by atoms with Crippen molar-refractivity contribution >= 4 is 11.6 Å². The molecule has 0 aromatic heterocycles. The van der Waals surface area contributed by atoms with E-state index >= 15 is 0 Å². The fourth-order valence-electron chi connectivity index (χ4n) is 2.00. The van der Waals surface area contributed by atoms with E-state index < -0.39 is 11.7 Å². The number of rotatable bonds is 2. The number of carbonyl (C=O) groups is 1. The molecule has 0 aliphatic carbocycles. The Morgan fingerprint density at radius 3 is 2.70 bits per heavy atom. The number of hydrogen-bond acceptors (Lipinski definition) is 3. The smallest absolute Gasteiger partial charge is 0.259 e. The zero-order valence-electron chi connectivity index (χ0n) is 10.6. The predicted molar refractivity (Wildman–Crippen MR) is 71.8 cm³/mol. The van der Waals surface area contributed by atoms with Crippen LogP contribution in [0, 0.1) is 5.82 Å². The minimum absolute atomic E-state index is 0.131. The van der Waals surface area contributed by atoms with Crippen LogP contribution >= 0.6 is 0 Å². The van der Waals surface area contributed by atoms with Crippen LogP contribution in [0.2, 0.25) is 0 Å². The molecule has 1 N–H and O–H groups in total. The summed E-state index contributed by atoms with van der Waals surface area (Å²) in [4.78, 5) is 12.2. The van der Waals surface area contributed by atoms with Gasteiger partial charge >= 0.3 is 0 Å². The minimum atomic E-state index is -0.484. The number of halogens is 1. The molecule has 0 radical (unpaired) electrons. The fraction of sp³-hybridized carbons (Fsp3) is 0.133. The standard InChI is InChI=1S/C15H12FNO3/c16-11-5-1-2-6-12(11)17-15(18)10-4-3-7-13-14(10)20-9-8-19-13/h1-7H,8-9H2,(H,17,18).